The summed E-state index contributed by atoms with van der Waals surface area (Å²) < 4.78 is 10.7. The van der Waals surface area contributed by atoms with Crippen LogP contribution in [0.25, 0.3) is 0 Å². The monoisotopic (exact) mass is 414 g/mol. The third-order valence-corrected chi connectivity index (χ3v) is 4.27. The van der Waals surface area contributed by atoms with Gasteiger partial charge in [0.05, 0.1) is 29.6 Å². The summed E-state index contributed by atoms with van der Waals surface area (Å²) in [5, 5.41) is 4.83. The van der Waals surface area contributed by atoms with Gasteiger partial charge in [-0.05, 0) is 54.1 Å². The van der Waals surface area contributed by atoms with Gasteiger partial charge >= 0.3 is 5.97 Å². The molecule has 1 N–H and O–H groups in total. The van der Waals surface area contributed by atoms with E-state index in [2.05, 4.69) is 10.5 Å². The highest BCUT2D eigenvalue weighted by molar-refractivity contribution is 6.36. The minimum atomic E-state index is -0.605. The fourth-order valence-corrected chi connectivity index (χ4v) is 2.84. The topological polar surface area (TPSA) is 59.9 Å². The number of hydrazone groups is 1. The number of halogens is 2. The van der Waals surface area contributed by atoms with E-state index >= 15 is 0 Å². The average molecular weight is 415 g/mol. The molecule has 0 aliphatic carbocycles. The highest BCUT2D eigenvalue weighted by atomic mass is 35.5. The number of carbonyl (C=O) groups is 1. The lowest BCUT2D eigenvalue weighted by atomic mass is 10.2. The zero-order valence-electron chi connectivity index (χ0n) is 14.9. The molecule has 0 spiro atoms. The highest BCUT2D eigenvalue weighted by Gasteiger charge is 2.16. The number of nitrogens with one attached hydrogen (secondary N) is 1. The van der Waals surface area contributed by atoms with E-state index < -0.39 is 5.97 Å². The molecule has 7 heteroatoms. The van der Waals surface area contributed by atoms with Crippen LogP contribution in [0.3, 0.4) is 0 Å². The van der Waals surface area contributed by atoms with Crippen molar-refractivity contribution in [2.24, 2.45) is 5.10 Å². The van der Waals surface area contributed by atoms with Crippen molar-refractivity contribution >= 4 is 41.1 Å². The molecule has 0 saturated carbocycles. The Morgan fingerprint density at radius 3 is 2.50 bits per heavy atom. The number of para-hydroxylation sites is 1. The van der Waals surface area contributed by atoms with Crippen LogP contribution in [-0.2, 0) is 0 Å². The van der Waals surface area contributed by atoms with Gasteiger partial charge in [0.1, 0.15) is 0 Å². The Bertz CT molecular complexity index is 1010. The van der Waals surface area contributed by atoms with E-state index in [1.165, 1.54) is 19.2 Å². The van der Waals surface area contributed by atoms with Gasteiger partial charge in [-0.2, -0.15) is 5.10 Å². The fourth-order valence-electron chi connectivity index (χ4n) is 2.35. The van der Waals surface area contributed by atoms with Crippen LogP contribution in [-0.4, -0.2) is 19.3 Å². The number of rotatable bonds is 6. The maximum atomic E-state index is 12.4. The van der Waals surface area contributed by atoms with Gasteiger partial charge in [0.2, 0.25) is 0 Å². The van der Waals surface area contributed by atoms with Crippen molar-refractivity contribution in [3.05, 3.63) is 87.9 Å². The predicted octanol–water partition coefficient (Wildman–Crippen LogP) is 5.67. The summed E-state index contributed by atoms with van der Waals surface area (Å²) in [6.07, 6.45) is 1.64. The molecule has 0 saturated heterocycles. The molecule has 142 valence electrons. The zero-order valence-corrected chi connectivity index (χ0v) is 16.4. The lowest BCUT2D eigenvalue weighted by molar-refractivity contribution is 0.0730. The van der Waals surface area contributed by atoms with Gasteiger partial charge in [0.25, 0.3) is 0 Å². The van der Waals surface area contributed by atoms with E-state index in [9.17, 15) is 4.79 Å². The lowest BCUT2D eigenvalue weighted by Crippen LogP contribution is -2.10. The summed E-state index contributed by atoms with van der Waals surface area (Å²) in [4.78, 5) is 12.4. The van der Waals surface area contributed by atoms with Crippen molar-refractivity contribution in [1.82, 2.24) is 0 Å². The molecule has 0 aromatic heterocycles. The number of methoxy groups -OCH3 is 1. The Morgan fingerprint density at radius 2 is 1.79 bits per heavy atom. The quantitative estimate of drug-likeness (QED) is 0.244. The molecule has 0 atom stereocenters. The van der Waals surface area contributed by atoms with Crippen molar-refractivity contribution in [1.29, 1.82) is 0 Å². The first-order valence-corrected chi connectivity index (χ1v) is 9.02. The smallest absolute Gasteiger partial charge is 0.345 e. The maximum absolute atomic E-state index is 12.4. The van der Waals surface area contributed by atoms with Crippen LogP contribution in [0, 0.1) is 0 Å². The number of carbonyl (C=O) groups excluding carboxylic acids is 1. The number of esters is 1. The number of hydrogen-bond donors (Lipinski definition) is 1. The van der Waals surface area contributed by atoms with Crippen LogP contribution < -0.4 is 14.9 Å². The Labute approximate surface area is 172 Å². The largest absolute Gasteiger partial charge is 0.493 e. The van der Waals surface area contributed by atoms with Gasteiger partial charge in [0, 0.05) is 5.02 Å². The number of benzene rings is 3. The fraction of sp³-hybridized carbons (Fsp3) is 0.0476. The predicted molar refractivity (Wildman–Crippen MR) is 112 cm³/mol. The van der Waals surface area contributed by atoms with E-state index in [0.29, 0.717) is 10.8 Å². The second kappa shape index (κ2) is 9.26. The van der Waals surface area contributed by atoms with Crippen molar-refractivity contribution in [2.75, 3.05) is 12.5 Å². The SMILES string of the molecule is COc1cc(/C=N/Nc2ccccc2)ccc1OC(=O)c1ccc(Cl)cc1Cl. The Morgan fingerprint density at radius 1 is 1.00 bits per heavy atom. The molecule has 0 fully saturated rings. The van der Waals surface area contributed by atoms with Crippen molar-refractivity contribution in [3.8, 4) is 11.5 Å². The first-order valence-electron chi connectivity index (χ1n) is 8.26. The summed E-state index contributed by atoms with van der Waals surface area (Å²) in [5.41, 5.74) is 4.78. The standard InChI is InChI=1S/C21H16Cl2N2O3/c1-27-20-11-14(13-24-25-16-5-3-2-4-6-16)7-10-19(20)28-21(26)17-9-8-15(22)12-18(17)23/h2-13,25H,1H3/b24-13+. The lowest BCUT2D eigenvalue weighted by Gasteiger charge is -2.10. The average Bonchev–Trinajstić information content (AvgIpc) is 2.69. The Kier molecular flexibility index (Phi) is 6.53. The van der Waals surface area contributed by atoms with Gasteiger partial charge in [-0.25, -0.2) is 4.79 Å². The molecule has 28 heavy (non-hydrogen) atoms. The van der Waals surface area contributed by atoms with E-state index in [4.69, 9.17) is 32.7 Å². The first kappa shape index (κ1) is 19.7. The van der Waals surface area contributed by atoms with E-state index in [0.717, 1.165) is 11.3 Å². The summed E-state index contributed by atoms with van der Waals surface area (Å²) in [7, 11) is 1.49. The van der Waals surface area contributed by atoms with Crippen molar-refractivity contribution < 1.29 is 14.3 Å². The van der Waals surface area contributed by atoms with Crippen molar-refractivity contribution in [2.45, 2.75) is 0 Å². The van der Waals surface area contributed by atoms with Gasteiger partial charge in [0.15, 0.2) is 11.5 Å². The molecule has 3 aromatic carbocycles. The third-order valence-electron chi connectivity index (χ3n) is 3.72. The molecule has 0 radical (unpaired) electrons. The van der Waals surface area contributed by atoms with Crippen LogP contribution in [0.5, 0.6) is 11.5 Å². The normalized spacial score (nSPS) is 10.7. The molecule has 0 unspecified atom stereocenters. The third kappa shape index (κ3) is 5.03. The second-order valence-electron chi connectivity index (χ2n) is 5.66. The highest BCUT2D eigenvalue weighted by Crippen LogP contribution is 2.30. The summed E-state index contributed by atoms with van der Waals surface area (Å²) >= 11 is 11.9. The molecule has 3 rings (SSSR count). The molecule has 0 amide bonds. The van der Waals surface area contributed by atoms with Crippen molar-refractivity contribution in [3.63, 3.8) is 0 Å². The van der Waals surface area contributed by atoms with E-state index in [-0.39, 0.29) is 16.3 Å². The van der Waals surface area contributed by atoms with Crippen LogP contribution in [0.15, 0.2) is 71.8 Å². The number of anilines is 1. The minimum Gasteiger partial charge on any atom is -0.493 e. The number of nitrogens with zero attached hydrogens (tertiary/aromatic N) is 1. The Hall–Kier alpha value is -3.02. The first-order chi connectivity index (χ1) is 13.6. The van der Waals surface area contributed by atoms with Crippen LogP contribution in [0.4, 0.5) is 5.69 Å². The molecule has 0 aliphatic rings. The Balaban J connectivity index is 1.73. The van der Waals surface area contributed by atoms with Crippen LogP contribution in [0.2, 0.25) is 10.0 Å². The number of ether oxygens (including phenoxy) is 2. The molecular weight excluding hydrogens is 399 g/mol. The van der Waals surface area contributed by atoms with Gasteiger partial charge in [-0.3, -0.25) is 5.43 Å². The van der Waals surface area contributed by atoms with E-state index in [1.807, 2.05) is 30.3 Å². The summed E-state index contributed by atoms with van der Waals surface area (Å²) in [6, 6.07) is 19.2. The van der Waals surface area contributed by atoms with E-state index in [1.54, 1.807) is 30.5 Å². The van der Waals surface area contributed by atoms with Gasteiger partial charge in [-0.15, -0.1) is 0 Å². The van der Waals surface area contributed by atoms with Crippen LogP contribution >= 0.6 is 23.2 Å². The molecular formula is C21H16Cl2N2O3. The summed E-state index contributed by atoms with van der Waals surface area (Å²) in [6.45, 7) is 0. The molecule has 5 nitrogen and oxygen atoms in total. The second-order valence-corrected chi connectivity index (χ2v) is 6.50. The molecule has 3 aromatic rings. The van der Waals surface area contributed by atoms with Gasteiger partial charge < -0.3 is 9.47 Å². The zero-order chi connectivity index (χ0) is 19.9. The molecule has 0 aliphatic heterocycles. The summed E-state index contributed by atoms with van der Waals surface area (Å²) in [5.74, 6) is 0.0564. The van der Waals surface area contributed by atoms with Gasteiger partial charge in [-0.1, -0.05) is 41.4 Å². The number of hydrogen-bond acceptors (Lipinski definition) is 5. The molecule has 0 heterocycles. The van der Waals surface area contributed by atoms with Crippen LogP contribution in [0.1, 0.15) is 15.9 Å². The maximum Gasteiger partial charge on any atom is 0.345 e. The minimum absolute atomic E-state index is 0.214. The molecule has 0 bridgehead atoms.